The van der Waals surface area contributed by atoms with Gasteiger partial charge in [-0.05, 0) is 24.3 Å². The summed E-state index contributed by atoms with van der Waals surface area (Å²) in [6, 6.07) is 5.23. The third-order valence-corrected chi connectivity index (χ3v) is 5.01. The molecule has 0 fully saturated rings. The average molecular weight is 349 g/mol. The van der Waals surface area contributed by atoms with Gasteiger partial charge in [-0.15, -0.1) is 10.2 Å². The Hall–Kier alpha value is -1.68. The molecule has 0 atom stereocenters. The van der Waals surface area contributed by atoms with Gasteiger partial charge < -0.3 is 0 Å². The van der Waals surface area contributed by atoms with Crippen LogP contribution in [0.3, 0.4) is 0 Å². The number of sulfone groups is 1. The smallest absolute Gasteiger partial charge is 0.253 e. The van der Waals surface area contributed by atoms with E-state index in [1.54, 1.807) is 0 Å². The van der Waals surface area contributed by atoms with Crippen molar-refractivity contribution in [2.75, 3.05) is 5.75 Å². The van der Waals surface area contributed by atoms with E-state index in [0.29, 0.717) is 0 Å². The van der Waals surface area contributed by atoms with Crippen molar-refractivity contribution < 1.29 is 21.6 Å². The number of nitrogens with zero attached hydrogens (tertiary/aromatic N) is 3. The second-order valence-electron chi connectivity index (χ2n) is 4.06. The quantitative estimate of drug-likeness (QED) is 0.790. The molecule has 10 heteroatoms. The summed E-state index contributed by atoms with van der Waals surface area (Å²) < 4.78 is 60.7. The number of rotatable bonds is 4. The first kappa shape index (κ1) is 16.7. The zero-order valence-corrected chi connectivity index (χ0v) is 12.8. The highest BCUT2D eigenvalue weighted by molar-refractivity contribution is 8.00. The molecule has 0 saturated heterocycles. The van der Waals surface area contributed by atoms with Crippen molar-refractivity contribution in [3.05, 3.63) is 30.5 Å². The first-order valence-corrected chi connectivity index (χ1v) is 8.47. The highest BCUT2D eigenvalue weighted by Crippen LogP contribution is 2.35. The van der Waals surface area contributed by atoms with Crippen molar-refractivity contribution in [3.63, 3.8) is 0 Å². The maximum absolute atomic E-state index is 12.2. The molecule has 0 unspecified atom stereocenters. The molecule has 0 aliphatic heterocycles. The molecule has 0 bridgehead atoms. The van der Waals surface area contributed by atoms with Crippen LogP contribution in [-0.2, 0) is 9.84 Å². The van der Waals surface area contributed by atoms with Crippen LogP contribution in [-0.4, -0.2) is 34.9 Å². The van der Waals surface area contributed by atoms with Crippen LogP contribution in [0.25, 0.3) is 11.4 Å². The van der Waals surface area contributed by atoms with Gasteiger partial charge in [0.2, 0.25) is 0 Å². The molecule has 22 heavy (non-hydrogen) atoms. The Labute approximate surface area is 128 Å². The molecule has 0 aliphatic carbocycles. The second-order valence-corrected chi connectivity index (χ2v) is 7.39. The Morgan fingerprint density at radius 3 is 2.45 bits per heavy atom. The Kier molecular flexibility index (Phi) is 4.71. The highest BCUT2D eigenvalue weighted by Gasteiger charge is 2.30. The second kappa shape index (κ2) is 6.21. The van der Waals surface area contributed by atoms with Crippen molar-refractivity contribution in [2.45, 2.75) is 22.4 Å². The molecule has 0 spiro atoms. The standard InChI is InChI=1S/C12H10F3N3O2S2/c1-2-22(19,20)9-4-3-7-16-11(9)8-5-6-10(18-17-8)21-12(13,14)15/h3-7H,2H2,1H3. The summed E-state index contributed by atoms with van der Waals surface area (Å²) >= 11 is -0.393. The van der Waals surface area contributed by atoms with Gasteiger partial charge in [0.1, 0.15) is 16.4 Å². The van der Waals surface area contributed by atoms with Gasteiger partial charge in [0.15, 0.2) is 9.84 Å². The van der Waals surface area contributed by atoms with E-state index in [0.717, 1.165) is 6.07 Å². The van der Waals surface area contributed by atoms with Crippen molar-refractivity contribution in [2.24, 2.45) is 0 Å². The fourth-order valence-electron chi connectivity index (χ4n) is 1.61. The van der Waals surface area contributed by atoms with Gasteiger partial charge in [0.05, 0.1) is 10.6 Å². The van der Waals surface area contributed by atoms with Crippen LogP contribution in [0.15, 0.2) is 40.4 Å². The van der Waals surface area contributed by atoms with Gasteiger partial charge in [-0.1, -0.05) is 6.92 Å². The van der Waals surface area contributed by atoms with Gasteiger partial charge >= 0.3 is 5.51 Å². The topological polar surface area (TPSA) is 72.8 Å². The molecule has 0 aromatic carbocycles. The SMILES string of the molecule is CCS(=O)(=O)c1cccnc1-c1ccc(SC(F)(F)F)nn1. The Morgan fingerprint density at radius 1 is 1.18 bits per heavy atom. The van der Waals surface area contributed by atoms with E-state index in [2.05, 4.69) is 15.2 Å². The summed E-state index contributed by atoms with van der Waals surface area (Å²) in [5.41, 5.74) is -4.29. The number of alkyl halides is 3. The zero-order valence-electron chi connectivity index (χ0n) is 11.2. The minimum atomic E-state index is -4.46. The van der Waals surface area contributed by atoms with Crippen molar-refractivity contribution >= 4 is 21.6 Å². The average Bonchev–Trinajstić information content (AvgIpc) is 2.46. The fraction of sp³-hybridized carbons (Fsp3) is 0.250. The van der Waals surface area contributed by atoms with E-state index >= 15 is 0 Å². The molecule has 0 radical (unpaired) electrons. The third-order valence-electron chi connectivity index (χ3n) is 2.59. The minimum absolute atomic E-state index is 0.0250. The molecule has 0 aliphatic rings. The summed E-state index contributed by atoms with van der Waals surface area (Å²) in [5.74, 6) is -0.124. The van der Waals surface area contributed by atoms with Crippen LogP contribution in [0.2, 0.25) is 0 Å². The molecule has 118 valence electrons. The molecule has 2 aromatic heterocycles. The van der Waals surface area contributed by atoms with Gasteiger partial charge in [-0.25, -0.2) is 8.42 Å². The summed E-state index contributed by atoms with van der Waals surface area (Å²) in [6.07, 6.45) is 1.38. The summed E-state index contributed by atoms with van der Waals surface area (Å²) in [7, 11) is -3.53. The molecule has 0 N–H and O–H groups in total. The van der Waals surface area contributed by atoms with Crippen LogP contribution in [0, 0.1) is 0 Å². The highest BCUT2D eigenvalue weighted by atomic mass is 32.2. The summed E-state index contributed by atoms with van der Waals surface area (Å²) in [4.78, 5) is 3.93. The molecule has 0 amide bonds. The minimum Gasteiger partial charge on any atom is -0.253 e. The zero-order chi connectivity index (χ0) is 16.4. The van der Waals surface area contributed by atoms with Crippen LogP contribution >= 0.6 is 11.8 Å². The lowest BCUT2D eigenvalue weighted by Gasteiger charge is -2.08. The Bertz CT molecular complexity index is 762. The molecule has 2 rings (SSSR count). The molecule has 5 nitrogen and oxygen atoms in total. The molecule has 2 heterocycles. The fourth-order valence-corrected chi connectivity index (χ4v) is 3.11. The van der Waals surface area contributed by atoms with E-state index in [4.69, 9.17) is 0 Å². The number of thioether (sulfide) groups is 1. The van der Waals surface area contributed by atoms with E-state index in [9.17, 15) is 21.6 Å². The number of aromatic nitrogens is 3. The first-order valence-electron chi connectivity index (χ1n) is 6.00. The van der Waals surface area contributed by atoms with Gasteiger partial charge in [-0.3, -0.25) is 4.98 Å². The molecule has 2 aromatic rings. The van der Waals surface area contributed by atoms with E-state index < -0.39 is 27.1 Å². The maximum atomic E-state index is 12.2. The Morgan fingerprint density at radius 2 is 1.91 bits per heavy atom. The summed E-state index contributed by atoms with van der Waals surface area (Å²) in [5, 5.41) is 6.76. The van der Waals surface area contributed by atoms with Gasteiger partial charge in [0, 0.05) is 18.0 Å². The Balaban J connectivity index is 2.42. The molecular weight excluding hydrogens is 339 g/mol. The summed E-state index contributed by atoms with van der Waals surface area (Å²) in [6.45, 7) is 1.49. The number of halogens is 3. The molecule has 0 saturated carbocycles. The predicted octanol–water partition coefficient (Wildman–Crippen LogP) is 2.94. The van der Waals surface area contributed by atoms with Crippen molar-refractivity contribution in [1.29, 1.82) is 0 Å². The number of hydrogen-bond acceptors (Lipinski definition) is 6. The van der Waals surface area contributed by atoms with Crippen molar-refractivity contribution in [1.82, 2.24) is 15.2 Å². The third kappa shape index (κ3) is 3.95. The van der Waals surface area contributed by atoms with Crippen molar-refractivity contribution in [3.8, 4) is 11.4 Å². The largest absolute Gasteiger partial charge is 0.447 e. The predicted molar refractivity (Wildman–Crippen MR) is 74.9 cm³/mol. The van der Waals surface area contributed by atoms with Gasteiger partial charge in [0.25, 0.3) is 0 Å². The van der Waals surface area contributed by atoms with E-state index in [-0.39, 0.29) is 27.1 Å². The number of pyridine rings is 1. The lowest BCUT2D eigenvalue weighted by atomic mass is 10.2. The molecular formula is C12H10F3N3O2S2. The number of hydrogen-bond donors (Lipinski definition) is 0. The normalized spacial score (nSPS) is 12.4. The van der Waals surface area contributed by atoms with Crippen LogP contribution in [0.1, 0.15) is 6.92 Å². The first-order chi connectivity index (χ1) is 10.2. The lowest BCUT2D eigenvalue weighted by molar-refractivity contribution is -0.0329. The monoisotopic (exact) mass is 349 g/mol. The van der Waals surface area contributed by atoms with Gasteiger partial charge in [-0.2, -0.15) is 13.2 Å². The van der Waals surface area contributed by atoms with Crippen LogP contribution in [0.4, 0.5) is 13.2 Å². The van der Waals surface area contributed by atoms with Crippen LogP contribution < -0.4 is 0 Å². The van der Waals surface area contributed by atoms with E-state index in [1.165, 1.54) is 31.3 Å². The van der Waals surface area contributed by atoms with E-state index in [1.807, 2.05) is 0 Å². The van der Waals surface area contributed by atoms with Crippen LogP contribution in [0.5, 0.6) is 0 Å². The maximum Gasteiger partial charge on any atom is 0.447 e. The lowest BCUT2D eigenvalue weighted by Crippen LogP contribution is -2.07.